The maximum absolute atomic E-state index is 10.9. The highest BCUT2D eigenvalue weighted by atomic mass is 35.5. The van der Waals surface area contributed by atoms with Crippen LogP contribution in [0.1, 0.15) is 58.3 Å². The van der Waals surface area contributed by atoms with Crippen LogP contribution in [0.5, 0.6) is 0 Å². The Kier molecular flexibility index (Phi) is 7.83. The Morgan fingerprint density at radius 2 is 1.94 bits per heavy atom. The Bertz CT molecular complexity index is 253. The number of nitrogens with two attached hydrogens (primary N) is 1. The van der Waals surface area contributed by atoms with Crippen molar-refractivity contribution < 1.29 is 15.0 Å². The minimum atomic E-state index is -1.59. The third-order valence-corrected chi connectivity index (χ3v) is 3.80. The molecule has 0 aromatic rings. The van der Waals surface area contributed by atoms with E-state index in [1.165, 1.54) is 39.0 Å². The molecule has 0 aliphatic heterocycles. The highest BCUT2D eigenvalue weighted by Crippen LogP contribution is 2.28. The van der Waals surface area contributed by atoms with Crippen molar-refractivity contribution in [3.8, 4) is 0 Å². The van der Waals surface area contributed by atoms with Crippen molar-refractivity contribution in [2.45, 2.75) is 70.0 Å². The monoisotopic (exact) mass is 279 g/mol. The van der Waals surface area contributed by atoms with Crippen LogP contribution >= 0.6 is 12.4 Å². The highest BCUT2D eigenvalue weighted by molar-refractivity contribution is 5.85. The molecule has 0 aromatic carbocycles. The van der Waals surface area contributed by atoms with E-state index in [4.69, 9.17) is 5.73 Å². The van der Waals surface area contributed by atoms with Crippen LogP contribution in [-0.2, 0) is 4.79 Å². The van der Waals surface area contributed by atoms with Gasteiger partial charge in [-0.25, -0.2) is 0 Å². The molecule has 0 aromatic heterocycles. The van der Waals surface area contributed by atoms with Gasteiger partial charge < -0.3 is 15.9 Å². The fourth-order valence-electron chi connectivity index (χ4n) is 2.57. The fraction of sp³-hybridized carbons (Fsp3) is 0.923. The standard InChI is InChI=1S/C13H25NO3.ClH/c1-13(17,12(14)16)9-11(15)8-7-10-5-3-2-4-6-10;/h10-11,15,17H,2-9H2,1H3,(H2,14,16);1H. The van der Waals surface area contributed by atoms with Gasteiger partial charge in [0.25, 0.3) is 0 Å². The summed E-state index contributed by atoms with van der Waals surface area (Å²) in [7, 11) is 0. The average Bonchev–Trinajstić information content (AvgIpc) is 2.27. The van der Waals surface area contributed by atoms with E-state index in [2.05, 4.69) is 0 Å². The molecular weight excluding hydrogens is 254 g/mol. The molecule has 4 nitrogen and oxygen atoms in total. The van der Waals surface area contributed by atoms with Crippen molar-refractivity contribution in [3.63, 3.8) is 0 Å². The van der Waals surface area contributed by atoms with Crippen LogP contribution in [0, 0.1) is 5.92 Å². The largest absolute Gasteiger partial charge is 0.393 e. The van der Waals surface area contributed by atoms with Crippen LogP contribution in [0.15, 0.2) is 0 Å². The molecule has 18 heavy (non-hydrogen) atoms. The lowest BCUT2D eigenvalue weighted by Gasteiger charge is -2.25. The van der Waals surface area contributed by atoms with Crippen LogP contribution in [-0.4, -0.2) is 27.8 Å². The Hall–Kier alpha value is -0.320. The molecule has 0 radical (unpaired) electrons. The molecule has 1 fully saturated rings. The molecule has 5 heteroatoms. The molecule has 4 N–H and O–H groups in total. The van der Waals surface area contributed by atoms with Gasteiger partial charge >= 0.3 is 0 Å². The first-order valence-corrected chi connectivity index (χ1v) is 6.62. The van der Waals surface area contributed by atoms with Gasteiger partial charge in [0, 0.05) is 6.42 Å². The molecule has 2 unspecified atom stereocenters. The van der Waals surface area contributed by atoms with Crippen molar-refractivity contribution in [1.29, 1.82) is 0 Å². The van der Waals surface area contributed by atoms with Crippen LogP contribution in [0.3, 0.4) is 0 Å². The minimum absolute atomic E-state index is 0. The first-order chi connectivity index (χ1) is 7.92. The molecule has 0 spiro atoms. The number of carbonyl (C=O) groups is 1. The third-order valence-electron chi connectivity index (χ3n) is 3.80. The first-order valence-electron chi connectivity index (χ1n) is 6.62. The number of amides is 1. The van der Waals surface area contributed by atoms with Crippen LogP contribution < -0.4 is 5.73 Å². The predicted molar refractivity (Wildman–Crippen MR) is 73.5 cm³/mol. The predicted octanol–water partition coefficient (Wildman–Crippen LogP) is 1.76. The summed E-state index contributed by atoms with van der Waals surface area (Å²) < 4.78 is 0. The number of hydrogen-bond donors (Lipinski definition) is 3. The van der Waals surface area contributed by atoms with Crippen molar-refractivity contribution in [2.24, 2.45) is 11.7 Å². The van der Waals surface area contributed by atoms with Gasteiger partial charge in [-0.3, -0.25) is 4.79 Å². The molecule has 0 bridgehead atoms. The number of aliphatic hydroxyl groups excluding tert-OH is 1. The van der Waals surface area contributed by atoms with Crippen LogP contribution in [0.25, 0.3) is 0 Å². The summed E-state index contributed by atoms with van der Waals surface area (Å²) in [5.74, 6) is -0.0638. The number of carbonyl (C=O) groups excluding carboxylic acids is 1. The van der Waals surface area contributed by atoms with Gasteiger partial charge in [0.2, 0.25) is 5.91 Å². The zero-order valence-corrected chi connectivity index (χ0v) is 11.9. The van der Waals surface area contributed by atoms with Gasteiger partial charge in [-0.05, 0) is 25.7 Å². The van der Waals surface area contributed by atoms with Crippen LogP contribution in [0.4, 0.5) is 0 Å². The van der Waals surface area contributed by atoms with E-state index in [1.54, 1.807) is 0 Å². The average molecular weight is 280 g/mol. The molecule has 1 aliphatic carbocycles. The second-order valence-corrected chi connectivity index (χ2v) is 5.58. The number of aliphatic hydroxyl groups is 2. The molecule has 0 heterocycles. The summed E-state index contributed by atoms with van der Waals surface area (Å²) in [5.41, 5.74) is 3.47. The van der Waals surface area contributed by atoms with E-state index in [0.717, 1.165) is 6.42 Å². The topological polar surface area (TPSA) is 83.6 Å². The molecule has 2 atom stereocenters. The molecule has 1 aliphatic rings. The molecule has 108 valence electrons. The van der Waals surface area contributed by atoms with E-state index < -0.39 is 17.6 Å². The van der Waals surface area contributed by atoms with Gasteiger partial charge in [0.1, 0.15) is 5.60 Å². The fourth-order valence-corrected chi connectivity index (χ4v) is 2.57. The van der Waals surface area contributed by atoms with Crippen LogP contribution in [0.2, 0.25) is 0 Å². The maximum Gasteiger partial charge on any atom is 0.249 e. The molecular formula is C13H26ClNO3. The van der Waals surface area contributed by atoms with Gasteiger partial charge in [0.15, 0.2) is 0 Å². The van der Waals surface area contributed by atoms with Gasteiger partial charge in [-0.15, -0.1) is 12.4 Å². The van der Waals surface area contributed by atoms with E-state index in [9.17, 15) is 15.0 Å². The number of rotatable bonds is 6. The van der Waals surface area contributed by atoms with Crippen molar-refractivity contribution >= 4 is 18.3 Å². The summed E-state index contributed by atoms with van der Waals surface area (Å²) in [5, 5.41) is 19.5. The summed E-state index contributed by atoms with van der Waals surface area (Å²) in [4.78, 5) is 10.9. The lowest BCUT2D eigenvalue weighted by atomic mass is 9.84. The molecule has 1 amide bonds. The zero-order valence-electron chi connectivity index (χ0n) is 11.1. The molecule has 1 saturated carbocycles. The minimum Gasteiger partial charge on any atom is -0.393 e. The van der Waals surface area contributed by atoms with Crippen molar-refractivity contribution in [2.75, 3.05) is 0 Å². The van der Waals surface area contributed by atoms with E-state index >= 15 is 0 Å². The highest BCUT2D eigenvalue weighted by Gasteiger charge is 2.30. The van der Waals surface area contributed by atoms with Gasteiger partial charge in [0.05, 0.1) is 6.10 Å². The quantitative estimate of drug-likeness (QED) is 0.693. The van der Waals surface area contributed by atoms with Gasteiger partial charge in [-0.1, -0.05) is 32.1 Å². The molecule has 1 rings (SSSR count). The lowest BCUT2D eigenvalue weighted by molar-refractivity contribution is -0.137. The second kappa shape index (κ2) is 7.97. The Morgan fingerprint density at radius 1 is 1.39 bits per heavy atom. The van der Waals surface area contributed by atoms with E-state index in [0.29, 0.717) is 12.3 Å². The SMILES string of the molecule is CC(O)(CC(O)CCC1CCCCC1)C(N)=O.Cl. The Morgan fingerprint density at radius 3 is 2.44 bits per heavy atom. The Balaban J connectivity index is 0.00000289. The third kappa shape index (κ3) is 6.03. The summed E-state index contributed by atoms with van der Waals surface area (Å²) in [6.45, 7) is 1.36. The second-order valence-electron chi connectivity index (χ2n) is 5.58. The van der Waals surface area contributed by atoms with E-state index in [1.807, 2.05) is 0 Å². The molecule has 0 saturated heterocycles. The normalized spacial score (nSPS) is 21.7. The van der Waals surface area contributed by atoms with Gasteiger partial charge in [-0.2, -0.15) is 0 Å². The van der Waals surface area contributed by atoms with E-state index in [-0.39, 0.29) is 18.8 Å². The Labute approximate surface area is 115 Å². The summed E-state index contributed by atoms with van der Waals surface area (Å²) in [6, 6.07) is 0. The summed E-state index contributed by atoms with van der Waals surface area (Å²) >= 11 is 0. The zero-order chi connectivity index (χ0) is 12.9. The number of primary amides is 1. The maximum atomic E-state index is 10.9. The van der Waals surface area contributed by atoms with Crippen molar-refractivity contribution in [3.05, 3.63) is 0 Å². The van der Waals surface area contributed by atoms with Crippen molar-refractivity contribution in [1.82, 2.24) is 0 Å². The first kappa shape index (κ1) is 17.7. The lowest BCUT2D eigenvalue weighted by Crippen LogP contribution is -2.43. The summed E-state index contributed by atoms with van der Waals surface area (Å²) in [6.07, 6.45) is 7.44. The smallest absolute Gasteiger partial charge is 0.249 e. The number of halogens is 1. The number of hydrogen-bond acceptors (Lipinski definition) is 3.